The Morgan fingerprint density at radius 3 is 2.00 bits per heavy atom. The first-order chi connectivity index (χ1) is 7.90. The van der Waals surface area contributed by atoms with Gasteiger partial charge in [-0.3, -0.25) is 0 Å². The van der Waals surface area contributed by atoms with Crippen LogP contribution in [-0.4, -0.2) is 53.2 Å². The van der Waals surface area contributed by atoms with Gasteiger partial charge in [-0.05, 0) is 0 Å². The Morgan fingerprint density at radius 1 is 1.18 bits per heavy atom. The van der Waals surface area contributed by atoms with Crippen LogP contribution in [0.25, 0.3) is 0 Å². The molecule has 0 amide bonds. The molecule has 4 heteroatoms. The zero-order chi connectivity index (χ0) is 13.3. The van der Waals surface area contributed by atoms with Crippen molar-refractivity contribution in [2.24, 2.45) is 0 Å². The van der Waals surface area contributed by atoms with Crippen LogP contribution in [0.2, 0.25) is 25.7 Å². The summed E-state index contributed by atoms with van der Waals surface area (Å²) in [5, 5.41) is 0. The summed E-state index contributed by atoms with van der Waals surface area (Å²) < 4.78 is 10.9. The van der Waals surface area contributed by atoms with Gasteiger partial charge in [0.05, 0.1) is 13.2 Å². The van der Waals surface area contributed by atoms with Crippen LogP contribution in [0.4, 0.5) is 0 Å². The first-order valence-corrected chi connectivity index (χ1v) is 9.94. The van der Waals surface area contributed by atoms with Gasteiger partial charge in [0, 0.05) is 14.2 Å². The molecule has 0 fully saturated rings. The maximum absolute atomic E-state index is 4.66. The third-order valence-electron chi connectivity index (χ3n) is 2.50. The number of methoxy groups -OCH3 is 2. The van der Waals surface area contributed by atoms with Gasteiger partial charge in [0.2, 0.25) is 0 Å². The van der Waals surface area contributed by atoms with Crippen molar-refractivity contribution in [1.82, 2.24) is 0 Å². The molecule has 0 bridgehead atoms. The molecule has 1 rings (SSSR count). The van der Waals surface area contributed by atoms with Crippen LogP contribution in [0.3, 0.4) is 0 Å². The van der Waals surface area contributed by atoms with Gasteiger partial charge in [0.15, 0.2) is 0 Å². The Kier molecular flexibility index (Phi) is 9.30. The predicted octanol–water partition coefficient (Wildman–Crippen LogP) is 2.99. The van der Waals surface area contributed by atoms with Gasteiger partial charge in [-0.1, -0.05) is 0 Å². The fraction of sp³-hybridized carbons (Fsp3) is 0.692. The predicted molar refractivity (Wildman–Crippen MR) is 78.4 cm³/mol. The molecular weight excluding hydrogens is 223 g/mol. The van der Waals surface area contributed by atoms with Crippen LogP contribution >= 0.6 is 0 Å². The SMILES string of the molecule is COCCOC.[Li][C]1=C(C[Si](C)(C)C)C=CC1. The molecule has 0 atom stereocenters. The Labute approximate surface area is 117 Å². The van der Waals surface area contributed by atoms with Gasteiger partial charge in [-0.25, -0.2) is 0 Å². The Bertz CT molecular complexity index is 263. The quantitative estimate of drug-likeness (QED) is 0.550. The minimum absolute atomic E-state index is 0.691. The molecule has 0 N–H and O–H groups in total. The second-order valence-electron chi connectivity index (χ2n) is 5.64. The third kappa shape index (κ3) is 9.87. The van der Waals surface area contributed by atoms with Gasteiger partial charge in [0.1, 0.15) is 0 Å². The summed E-state index contributed by atoms with van der Waals surface area (Å²) in [6.45, 7) is 8.67. The molecular formula is C13H25LiO2Si. The molecule has 0 aromatic carbocycles. The summed E-state index contributed by atoms with van der Waals surface area (Å²) >= 11 is 2.26. The van der Waals surface area contributed by atoms with E-state index in [2.05, 4.69) is 59.0 Å². The molecule has 1 aliphatic rings. The summed E-state index contributed by atoms with van der Waals surface area (Å²) in [4.78, 5) is 0. The van der Waals surface area contributed by atoms with Crippen LogP contribution in [0, 0.1) is 0 Å². The Hall–Kier alpha value is 0.214. The first-order valence-electron chi connectivity index (χ1n) is 6.23. The van der Waals surface area contributed by atoms with Crippen LogP contribution in [0.1, 0.15) is 6.42 Å². The molecule has 0 saturated heterocycles. The van der Waals surface area contributed by atoms with Crippen molar-refractivity contribution in [3.05, 3.63) is 22.0 Å². The standard InChI is InChI=1S/C9H15Si.C4H10O2.Li/c1-10(2,3)8-9-6-4-5-7-9;1-5-3-4-6-2;/h4,6H,5,8H2,1-3H3;3-4H2,1-2H3;. The molecule has 94 valence electrons. The molecule has 0 saturated carbocycles. The molecule has 1 aliphatic carbocycles. The van der Waals surface area contributed by atoms with Crippen molar-refractivity contribution in [3.63, 3.8) is 0 Å². The fourth-order valence-electron chi connectivity index (χ4n) is 1.60. The van der Waals surface area contributed by atoms with Gasteiger partial charge >= 0.3 is 79.9 Å². The number of rotatable bonds is 5. The van der Waals surface area contributed by atoms with Crippen LogP contribution in [-0.2, 0) is 9.47 Å². The second kappa shape index (κ2) is 9.19. The van der Waals surface area contributed by atoms with Crippen molar-refractivity contribution < 1.29 is 9.47 Å². The second-order valence-corrected chi connectivity index (χ2v) is 11.1. The van der Waals surface area contributed by atoms with Gasteiger partial charge < -0.3 is 9.47 Å². The Balaban J connectivity index is 0.000000366. The first kappa shape index (κ1) is 17.2. The van der Waals surface area contributed by atoms with E-state index >= 15 is 0 Å². The van der Waals surface area contributed by atoms with Gasteiger partial charge in [0.25, 0.3) is 0 Å². The molecule has 0 spiro atoms. The molecule has 0 radical (unpaired) electrons. The van der Waals surface area contributed by atoms with Crippen LogP contribution < -0.4 is 0 Å². The monoisotopic (exact) mass is 248 g/mol. The fourth-order valence-corrected chi connectivity index (χ4v) is 3.16. The van der Waals surface area contributed by atoms with E-state index in [0.29, 0.717) is 13.2 Å². The van der Waals surface area contributed by atoms with Crippen molar-refractivity contribution >= 4 is 25.8 Å². The van der Waals surface area contributed by atoms with E-state index in [1.165, 1.54) is 12.5 Å². The van der Waals surface area contributed by atoms with Crippen molar-refractivity contribution in [2.75, 3.05) is 27.4 Å². The van der Waals surface area contributed by atoms with Gasteiger partial charge in [-0.15, -0.1) is 0 Å². The molecule has 2 nitrogen and oxygen atoms in total. The molecule has 0 aliphatic heterocycles. The van der Waals surface area contributed by atoms with E-state index in [1.54, 1.807) is 24.0 Å². The average Bonchev–Trinajstić information content (AvgIpc) is 2.60. The Morgan fingerprint density at radius 2 is 1.71 bits per heavy atom. The van der Waals surface area contributed by atoms with E-state index in [1.807, 2.05) is 0 Å². The molecule has 0 aromatic heterocycles. The zero-order valence-corrected chi connectivity index (χ0v) is 13.3. The number of ether oxygens (including phenoxy) is 2. The van der Waals surface area contributed by atoms with Crippen LogP contribution in [0.5, 0.6) is 0 Å². The van der Waals surface area contributed by atoms with E-state index in [9.17, 15) is 0 Å². The van der Waals surface area contributed by atoms with E-state index in [0.717, 1.165) is 0 Å². The molecule has 17 heavy (non-hydrogen) atoms. The number of hydrogen-bond donors (Lipinski definition) is 0. The van der Waals surface area contributed by atoms with Crippen molar-refractivity contribution in [3.8, 4) is 0 Å². The molecule has 0 aromatic rings. The van der Waals surface area contributed by atoms with E-state index in [-0.39, 0.29) is 0 Å². The molecule has 0 heterocycles. The summed E-state index contributed by atoms with van der Waals surface area (Å²) in [6, 6.07) is 1.36. The zero-order valence-electron chi connectivity index (χ0n) is 12.3. The third-order valence-corrected chi connectivity index (χ3v) is 3.95. The van der Waals surface area contributed by atoms with Crippen molar-refractivity contribution in [1.29, 1.82) is 0 Å². The van der Waals surface area contributed by atoms with E-state index in [4.69, 9.17) is 0 Å². The number of allylic oxidation sites excluding steroid dienone is 4. The molecule has 0 unspecified atom stereocenters. The topological polar surface area (TPSA) is 18.5 Å². The summed E-state index contributed by atoms with van der Waals surface area (Å²) in [6.07, 6.45) is 5.79. The van der Waals surface area contributed by atoms with Crippen molar-refractivity contribution in [2.45, 2.75) is 32.1 Å². The summed E-state index contributed by atoms with van der Waals surface area (Å²) in [5.41, 5.74) is 1.61. The normalized spacial score (nSPS) is 15.0. The number of hydrogen-bond acceptors (Lipinski definition) is 2. The van der Waals surface area contributed by atoms with Gasteiger partial charge in [-0.2, -0.15) is 0 Å². The average molecular weight is 248 g/mol. The maximum atomic E-state index is 4.66. The summed E-state index contributed by atoms with van der Waals surface area (Å²) in [5.74, 6) is 0. The van der Waals surface area contributed by atoms with Crippen LogP contribution in [0.15, 0.2) is 22.0 Å². The minimum atomic E-state index is -0.873. The summed E-state index contributed by atoms with van der Waals surface area (Å²) in [7, 11) is 2.43. The van der Waals surface area contributed by atoms with E-state index < -0.39 is 8.07 Å².